The van der Waals surface area contributed by atoms with E-state index in [0.29, 0.717) is 23.7 Å². The van der Waals surface area contributed by atoms with E-state index in [9.17, 15) is 8.42 Å². The third kappa shape index (κ3) is 2.14. The van der Waals surface area contributed by atoms with Gasteiger partial charge in [-0.1, -0.05) is 0 Å². The summed E-state index contributed by atoms with van der Waals surface area (Å²) in [6.45, 7) is 2.73. The van der Waals surface area contributed by atoms with Crippen LogP contribution >= 0.6 is 0 Å². The van der Waals surface area contributed by atoms with Crippen LogP contribution in [-0.2, 0) is 17.1 Å². The van der Waals surface area contributed by atoms with Crippen molar-refractivity contribution in [3.05, 3.63) is 29.8 Å². The fourth-order valence-corrected chi connectivity index (χ4v) is 4.36. The summed E-state index contributed by atoms with van der Waals surface area (Å²) in [5.41, 5.74) is 1.53. The number of aryl methyl sites for hydroxylation is 2. The Kier molecular flexibility index (Phi) is 3.14. The normalized spacial score (nSPS) is 20.6. The van der Waals surface area contributed by atoms with E-state index in [1.807, 2.05) is 6.07 Å². The van der Waals surface area contributed by atoms with Gasteiger partial charge in [0.05, 0.1) is 5.69 Å². The van der Waals surface area contributed by atoms with Gasteiger partial charge in [0.15, 0.2) is 0 Å². The Hall–Kier alpha value is -1.67. The summed E-state index contributed by atoms with van der Waals surface area (Å²) < 4.78 is 28.3. The summed E-state index contributed by atoms with van der Waals surface area (Å²) in [4.78, 5) is 0.297. The third-order valence-electron chi connectivity index (χ3n) is 3.70. The van der Waals surface area contributed by atoms with Crippen molar-refractivity contribution in [1.29, 1.82) is 0 Å². The zero-order valence-electron chi connectivity index (χ0n) is 11.4. The molecule has 1 N–H and O–H groups in total. The lowest BCUT2D eigenvalue weighted by atomic mass is 10.1. The standard InChI is InChI=1S/C12H17N5O2S/c1-9-12(8-16(2)15-9)20(18,19)17-6-4-10(7-17)11-3-5-13-14-11/h3,5,8,10H,4,6-7H2,1-2H3,(H,13,14)/t10-/m1/s1. The molecule has 7 nitrogen and oxygen atoms in total. The molecule has 1 aliphatic heterocycles. The lowest BCUT2D eigenvalue weighted by Gasteiger charge is -2.15. The molecule has 3 heterocycles. The van der Waals surface area contributed by atoms with Crippen molar-refractivity contribution in [2.24, 2.45) is 7.05 Å². The van der Waals surface area contributed by atoms with E-state index in [4.69, 9.17) is 0 Å². The predicted molar refractivity (Wildman–Crippen MR) is 72.6 cm³/mol. The van der Waals surface area contributed by atoms with Gasteiger partial charge in [0.1, 0.15) is 4.90 Å². The number of H-pyrrole nitrogens is 1. The van der Waals surface area contributed by atoms with Gasteiger partial charge in [0.25, 0.3) is 0 Å². The van der Waals surface area contributed by atoms with Gasteiger partial charge >= 0.3 is 0 Å². The zero-order chi connectivity index (χ0) is 14.3. The average molecular weight is 295 g/mol. The van der Waals surface area contributed by atoms with Gasteiger partial charge in [-0.3, -0.25) is 9.78 Å². The summed E-state index contributed by atoms with van der Waals surface area (Å²) in [6.07, 6.45) is 4.06. The number of hydrogen-bond donors (Lipinski definition) is 1. The Morgan fingerprint density at radius 2 is 2.25 bits per heavy atom. The molecule has 8 heteroatoms. The number of rotatable bonds is 3. The Labute approximate surface area is 117 Å². The quantitative estimate of drug-likeness (QED) is 0.900. The molecule has 0 radical (unpaired) electrons. The second kappa shape index (κ2) is 4.71. The first kappa shape index (κ1) is 13.3. The van der Waals surface area contributed by atoms with Crippen molar-refractivity contribution >= 4 is 10.0 Å². The van der Waals surface area contributed by atoms with Gasteiger partial charge in [0.2, 0.25) is 10.0 Å². The SMILES string of the molecule is Cc1nn(C)cc1S(=O)(=O)N1CC[C@@H](c2ccn[nH]2)C1. The number of aromatic nitrogens is 4. The molecule has 0 aromatic carbocycles. The van der Waals surface area contributed by atoms with Crippen LogP contribution in [0.15, 0.2) is 23.4 Å². The molecule has 108 valence electrons. The number of sulfonamides is 1. The first-order valence-electron chi connectivity index (χ1n) is 6.48. The Morgan fingerprint density at radius 3 is 2.85 bits per heavy atom. The fraction of sp³-hybridized carbons (Fsp3) is 0.500. The number of nitrogens with zero attached hydrogens (tertiary/aromatic N) is 4. The van der Waals surface area contributed by atoms with Crippen LogP contribution in [0.5, 0.6) is 0 Å². The van der Waals surface area contributed by atoms with Crippen molar-refractivity contribution < 1.29 is 8.42 Å². The van der Waals surface area contributed by atoms with Gasteiger partial charge in [-0.25, -0.2) is 8.42 Å². The summed E-state index contributed by atoms with van der Waals surface area (Å²) in [5, 5.41) is 11.0. The monoisotopic (exact) mass is 295 g/mol. The maximum absolute atomic E-state index is 12.6. The van der Waals surface area contributed by atoms with Crippen molar-refractivity contribution in [2.75, 3.05) is 13.1 Å². The highest BCUT2D eigenvalue weighted by Gasteiger charge is 2.35. The molecule has 3 rings (SSSR count). The highest BCUT2D eigenvalue weighted by Crippen LogP contribution is 2.30. The molecule has 1 fully saturated rings. The van der Waals surface area contributed by atoms with Crippen LogP contribution in [-0.4, -0.2) is 45.8 Å². The topological polar surface area (TPSA) is 83.9 Å². The molecule has 0 saturated carbocycles. The van der Waals surface area contributed by atoms with E-state index in [-0.39, 0.29) is 5.92 Å². The minimum Gasteiger partial charge on any atom is -0.282 e. The second-order valence-corrected chi connectivity index (χ2v) is 7.02. The fourth-order valence-electron chi connectivity index (χ4n) is 2.66. The van der Waals surface area contributed by atoms with E-state index < -0.39 is 10.0 Å². The summed E-state index contributed by atoms with van der Waals surface area (Å²) in [6, 6.07) is 1.90. The molecule has 0 aliphatic carbocycles. The molecule has 2 aromatic heterocycles. The maximum Gasteiger partial charge on any atom is 0.246 e. The molecule has 1 aliphatic rings. The summed E-state index contributed by atoms with van der Waals surface area (Å²) in [5.74, 6) is 0.184. The van der Waals surface area contributed by atoms with Crippen molar-refractivity contribution in [3.8, 4) is 0 Å². The largest absolute Gasteiger partial charge is 0.282 e. The predicted octanol–water partition coefficient (Wildman–Crippen LogP) is 0.630. The van der Waals surface area contributed by atoms with Gasteiger partial charge in [-0.05, 0) is 19.4 Å². The van der Waals surface area contributed by atoms with Gasteiger partial charge in [0, 0.05) is 44.1 Å². The number of nitrogens with one attached hydrogen (secondary N) is 1. The van der Waals surface area contributed by atoms with E-state index in [1.54, 1.807) is 26.4 Å². The van der Waals surface area contributed by atoms with Crippen LogP contribution < -0.4 is 0 Å². The molecule has 0 amide bonds. The third-order valence-corrected chi connectivity index (χ3v) is 5.67. The molecular formula is C12H17N5O2S. The highest BCUT2D eigenvalue weighted by molar-refractivity contribution is 7.89. The van der Waals surface area contributed by atoms with E-state index in [2.05, 4.69) is 15.3 Å². The molecule has 0 unspecified atom stereocenters. The smallest absolute Gasteiger partial charge is 0.246 e. The van der Waals surface area contributed by atoms with Crippen molar-refractivity contribution in [3.63, 3.8) is 0 Å². The number of hydrogen-bond acceptors (Lipinski definition) is 4. The minimum atomic E-state index is -3.46. The molecule has 1 saturated heterocycles. The van der Waals surface area contributed by atoms with E-state index in [0.717, 1.165) is 12.1 Å². The number of aromatic amines is 1. The van der Waals surface area contributed by atoms with Gasteiger partial charge < -0.3 is 0 Å². The summed E-state index contributed by atoms with van der Waals surface area (Å²) in [7, 11) is -1.73. The Balaban J connectivity index is 1.85. The van der Waals surface area contributed by atoms with Gasteiger partial charge in [-0.2, -0.15) is 14.5 Å². The first-order chi connectivity index (χ1) is 9.48. The second-order valence-electron chi connectivity index (χ2n) is 5.11. The highest BCUT2D eigenvalue weighted by atomic mass is 32.2. The van der Waals surface area contributed by atoms with E-state index in [1.165, 1.54) is 8.99 Å². The molecule has 0 bridgehead atoms. The Morgan fingerprint density at radius 1 is 1.45 bits per heavy atom. The molecule has 1 atom stereocenters. The van der Waals surface area contributed by atoms with Crippen molar-refractivity contribution in [2.45, 2.75) is 24.2 Å². The van der Waals surface area contributed by atoms with E-state index >= 15 is 0 Å². The average Bonchev–Trinajstić information content (AvgIpc) is 3.07. The van der Waals surface area contributed by atoms with Crippen LogP contribution in [0.4, 0.5) is 0 Å². The summed E-state index contributed by atoms with van der Waals surface area (Å²) >= 11 is 0. The van der Waals surface area contributed by atoms with Crippen LogP contribution in [0.3, 0.4) is 0 Å². The van der Waals surface area contributed by atoms with Crippen LogP contribution in [0.1, 0.15) is 23.7 Å². The van der Waals surface area contributed by atoms with Crippen LogP contribution in [0.25, 0.3) is 0 Å². The first-order valence-corrected chi connectivity index (χ1v) is 7.92. The lowest BCUT2D eigenvalue weighted by Crippen LogP contribution is -2.29. The van der Waals surface area contributed by atoms with Crippen molar-refractivity contribution in [1.82, 2.24) is 24.3 Å². The van der Waals surface area contributed by atoms with Crippen LogP contribution in [0.2, 0.25) is 0 Å². The molecule has 0 spiro atoms. The zero-order valence-corrected chi connectivity index (χ0v) is 12.3. The minimum absolute atomic E-state index is 0.184. The molecule has 2 aromatic rings. The molecule has 20 heavy (non-hydrogen) atoms. The van der Waals surface area contributed by atoms with Gasteiger partial charge in [-0.15, -0.1) is 0 Å². The maximum atomic E-state index is 12.6. The lowest BCUT2D eigenvalue weighted by molar-refractivity contribution is 0.471. The Bertz CT molecular complexity index is 704. The molecular weight excluding hydrogens is 278 g/mol. The van der Waals surface area contributed by atoms with Crippen LogP contribution in [0, 0.1) is 6.92 Å².